The third-order valence-corrected chi connectivity index (χ3v) is 4.45. The molecule has 0 bridgehead atoms. The van der Waals surface area contributed by atoms with Crippen LogP contribution in [0, 0.1) is 5.41 Å². The van der Waals surface area contributed by atoms with Gasteiger partial charge in [-0.3, -0.25) is 14.5 Å². The lowest BCUT2D eigenvalue weighted by molar-refractivity contribution is -0.125. The summed E-state index contributed by atoms with van der Waals surface area (Å²) in [7, 11) is 0. The number of alkyl halides is 2. The summed E-state index contributed by atoms with van der Waals surface area (Å²) in [4.78, 5) is 27.7. The summed E-state index contributed by atoms with van der Waals surface area (Å²) in [5.74, 6) is -0.561. The predicted octanol–water partition coefficient (Wildman–Crippen LogP) is 1.93. The highest BCUT2D eigenvalue weighted by molar-refractivity contribution is 5.97. The van der Waals surface area contributed by atoms with Gasteiger partial charge in [0.1, 0.15) is 12.6 Å². The maximum Gasteiger partial charge on any atom is 0.253 e. The van der Waals surface area contributed by atoms with Gasteiger partial charge in [-0.1, -0.05) is 20.8 Å². The summed E-state index contributed by atoms with van der Waals surface area (Å²) in [6, 6.07) is 5.92. The second-order valence-electron chi connectivity index (χ2n) is 8.27. The van der Waals surface area contributed by atoms with Gasteiger partial charge in [0.15, 0.2) is 0 Å². The van der Waals surface area contributed by atoms with Crippen molar-refractivity contribution in [1.29, 1.82) is 0 Å². The third-order valence-electron chi connectivity index (χ3n) is 4.45. The average molecular weight is 412 g/mol. The number of carbonyl (C=O) groups is 2. The van der Waals surface area contributed by atoms with Crippen LogP contribution in [0.4, 0.5) is 20.2 Å². The lowest BCUT2D eigenvalue weighted by Crippen LogP contribution is -2.52. The molecule has 29 heavy (non-hydrogen) atoms. The molecule has 0 unspecified atom stereocenters. The SMILES string of the molecule is CC(C)(C)CN(CC(F)F)[C@@H](CN)C(=O)Nc1ccc(N2CCOCC2=O)cc1. The predicted molar refractivity (Wildman–Crippen MR) is 108 cm³/mol. The van der Waals surface area contributed by atoms with Gasteiger partial charge in [0.2, 0.25) is 5.91 Å². The van der Waals surface area contributed by atoms with Crippen LogP contribution in [0.2, 0.25) is 0 Å². The van der Waals surface area contributed by atoms with Crippen LogP contribution in [-0.2, 0) is 14.3 Å². The van der Waals surface area contributed by atoms with Gasteiger partial charge >= 0.3 is 0 Å². The van der Waals surface area contributed by atoms with Crippen molar-refractivity contribution in [1.82, 2.24) is 4.90 Å². The second-order valence-corrected chi connectivity index (χ2v) is 8.27. The van der Waals surface area contributed by atoms with Gasteiger partial charge in [0.25, 0.3) is 12.3 Å². The first kappa shape index (κ1) is 23.2. The molecule has 0 spiro atoms. The molecule has 1 aliphatic rings. The number of amides is 2. The zero-order chi connectivity index (χ0) is 21.6. The summed E-state index contributed by atoms with van der Waals surface area (Å²) >= 11 is 0. The molecular formula is C20H30F2N4O3. The number of anilines is 2. The fourth-order valence-electron chi connectivity index (χ4n) is 3.25. The average Bonchev–Trinajstić information content (AvgIpc) is 2.61. The lowest BCUT2D eigenvalue weighted by atomic mass is 9.95. The van der Waals surface area contributed by atoms with Crippen molar-refractivity contribution in [2.45, 2.75) is 33.2 Å². The van der Waals surface area contributed by atoms with Crippen LogP contribution in [0.5, 0.6) is 0 Å². The summed E-state index contributed by atoms with van der Waals surface area (Å²) in [5, 5.41) is 2.74. The molecule has 1 aromatic rings. The van der Waals surface area contributed by atoms with Gasteiger partial charge in [-0.25, -0.2) is 8.78 Å². The van der Waals surface area contributed by atoms with Crippen LogP contribution in [0.1, 0.15) is 20.8 Å². The molecule has 1 aliphatic heterocycles. The van der Waals surface area contributed by atoms with Gasteiger partial charge in [0, 0.05) is 31.0 Å². The quantitative estimate of drug-likeness (QED) is 0.681. The molecule has 9 heteroatoms. The summed E-state index contributed by atoms with van der Waals surface area (Å²) < 4.78 is 31.2. The molecule has 7 nitrogen and oxygen atoms in total. The van der Waals surface area contributed by atoms with Crippen molar-refractivity contribution in [3.8, 4) is 0 Å². The number of hydrogen-bond donors (Lipinski definition) is 2. The van der Waals surface area contributed by atoms with Crippen LogP contribution in [-0.4, -0.2) is 68.6 Å². The van der Waals surface area contributed by atoms with Crippen molar-refractivity contribution in [3.63, 3.8) is 0 Å². The van der Waals surface area contributed by atoms with Crippen molar-refractivity contribution in [2.24, 2.45) is 11.1 Å². The van der Waals surface area contributed by atoms with E-state index in [9.17, 15) is 18.4 Å². The molecule has 2 amide bonds. The molecule has 1 saturated heterocycles. The lowest BCUT2D eigenvalue weighted by Gasteiger charge is -2.34. The normalized spacial score (nSPS) is 16.4. The topological polar surface area (TPSA) is 87.9 Å². The number of nitrogens with one attached hydrogen (secondary N) is 1. The summed E-state index contributed by atoms with van der Waals surface area (Å²) in [6.07, 6.45) is -2.57. The van der Waals surface area contributed by atoms with E-state index in [-0.39, 0.29) is 24.5 Å². The van der Waals surface area contributed by atoms with Crippen molar-refractivity contribution in [3.05, 3.63) is 24.3 Å². The van der Waals surface area contributed by atoms with E-state index in [1.807, 2.05) is 20.8 Å². The molecular weight excluding hydrogens is 382 g/mol. The van der Waals surface area contributed by atoms with Crippen molar-refractivity contribution < 1.29 is 23.1 Å². The number of ether oxygens (including phenoxy) is 1. The molecule has 0 saturated carbocycles. The zero-order valence-electron chi connectivity index (χ0n) is 17.2. The summed E-state index contributed by atoms with van der Waals surface area (Å²) in [5.41, 5.74) is 6.70. The molecule has 1 fully saturated rings. The molecule has 3 N–H and O–H groups in total. The second kappa shape index (κ2) is 10.1. The molecule has 0 radical (unpaired) electrons. The minimum absolute atomic E-state index is 0.0460. The molecule has 1 atom stereocenters. The van der Waals surface area contributed by atoms with Crippen molar-refractivity contribution in [2.75, 3.05) is 49.6 Å². The molecule has 162 valence electrons. The molecule has 0 aliphatic carbocycles. The first-order chi connectivity index (χ1) is 13.6. The van der Waals surface area contributed by atoms with Crippen LogP contribution in [0.3, 0.4) is 0 Å². The maximum absolute atomic E-state index is 13.0. The Bertz CT molecular complexity index is 692. The number of morpholine rings is 1. The van der Waals surface area contributed by atoms with Gasteiger partial charge in [-0.2, -0.15) is 0 Å². The Labute approximate surface area is 170 Å². The number of halogens is 2. The van der Waals surface area contributed by atoms with Crippen LogP contribution in [0.25, 0.3) is 0 Å². The van der Waals surface area contributed by atoms with Crippen LogP contribution < -0.4 is 16.0 Å². The largest absolute Gasteiger partial charge is 0.370 e. The van der Waals surface area contributed by atoms with Crippen molar-refractivity contribution >= 4 is 23.2 Å². The highest BCUT2D eigenvalue weighted by atomic mass is 19.3. The van der Waals surface area contributed by atoms with Gasteiger partial charge in [-0.15, -0.1) is 0 Å². The van der Waals surface area contributed by atoms with E-state index in [4.69, 9.17) is 10.5 Å². The number of rotatable bonds is 8. The van der Waals surface area contributed by atoms with Gasteiger partial charge in [0.05, 0.1) is 13.2 Å². The molecule has 2 rings (SSSR count). The Hall–Kier alpha value is -2.10. The first-order valence-electron chi connectivity index (χ1n) is 9.62. The molecule has 1 aromatic carbocycles. The minimum atomic E-state index is -2.57. The smallest absolute Gasteiger partial charge is 0.253 e. The Kier molecular flexibility index (Phi) is 8.06. The van der Waals surface area contributed by atoms with E-state index in [0.717, 1.165) is 0 Å². The fraction of sp³-hybridized carbons (Fsp3) is 0.600. The Balaban J connectivity index is 2.08. The third kappa shape index (κ3) is 7.02. The standard InChI is InChI=1S/C20H30F2N4O3/c1-20(2,3)13-25(11-17(21)22)16(10-23)19(28)24-14-4-6-15(7-5-14)26-8-9-29-12-18(26)27/h4-7,16-17H,8-13,23H2,1-3H3,(H,24,28)/t16-/m0/s1. The number of benzene rings is 1. The fourth-order valence-corrected chi connectivity index (χ4v) is 3.25. The van der Waals surface area contributed by atoms with E-state index < -0.39 is 24.9 Å². The maximum atomic E-state index is 13.0. The zero-order valence-corrected chi connectivity index (χ0v) is 17.2. The van der Waals surface area contributed by atoms with E-state index in [0.29, 0.717) is 31.1 Å². The molecule has 0 aromatic heterocycles. The summed E-state index contributed by atoms with van der Waals surface area (Å²) in [6.45, 7) is 6.45. The van der Waals surface area contributed by atoms with E-state index in [1.165, 1.54) is 4.90 Å². The number of nitrogens with two attached hydrogens (primary N) is 1. The van der Waals surface area contributed by atoms with Crippen LogP contribution >= 0.6 is 0 Å². The number of carbonyl (C=O) groups excluding carboxylic acids is 2. The Morgan fingerprint density at radius 1 is 1.31 bits per heavy atom. The number of nitrogens with zero attached hydrogens (tertiary/aromatic N) is 2. The Morgan fingerprint density at radius 2 is 1.97 bits per heavy atom. The van der Waals surface area contributed by atoms with E-state index in [1.54, 1.807) is 29.2 Å². The highest BCUT2D eigenvalue weighted by Crippen LogP contribution is 2.21. The first-order valence-corrected chi connectivity index (χ1v) is 9.62. The van der Waals surface area contributed by atoms with E-state index >= 15 is 0 Å². The van der Waals surface area contributed by atoms with Gasteiger partial charge in [-0.05, 0) is 29.7 Å². The highest BCUT2D eigenvalue weighted by Gasteiger charge is 2.30. The number of hydrogen-bond acceptors (Lipinski definition) is 5. The van der Waals surface area contributed by atoms with Gasteiger partial charge < -0.3 is 20.7 Å². The minimum Gasteiger partial charge on any atom is -0.370 e. The molecule has 1 heterocycles. The monoisotopic (exact) mass is 412 g/mol. The van der Waals surface area contributed by atoms with E-state index in [2.05, 4.69) is 5.32 Å². The van der Waals surface area contributed by atoms with Crippen LogP contribution in [0.15, 0.2) is 24.3 Å². The Morgan fingerprint density at radius 3 is 2.48 bits per heavy atom.